The minimum atomic E-state index is 0.0339. The van der Waals surface area contributed by atoms with Crippen LogP contribution in [-0.2, 0) is 4.28 Å². The molecule has 0 aliphatic heterocycles. The number of pyridine rings is 1. The Labute approximate surface area is 180 Å². The van der Waals surface area contributed by atoms with Crippen LogP contribution in [0, 0.1) is 5.41 Å². The van der Waals surface area contributed by atoms with Crippen molar-refractivity contribution in [2.45, 2.75) is 24.8 Å². The summed E-state index contributed by atoms with van der Waals surface area (Å²) in [5.74, 6) is 1.89. The van der Waals surface area contributed by atoms with Crippen LogP contribution >= 0.6 is 12.0 Å². The van der Waals surface area contributed by atoms with Gasteiger partial charge >= 0.3 is 0 Å². The predicted octanol–water partition coefficient (Wildman–Crippen LogP) is 4.93. The molecular formula is C22H24N4O3S. The third-order valence-electron chi connectivity index (χ3n) is 4.04. The number of methoxy groups -OCH3 is 1. The molecule has 1 aromatic heterocycles. The maximum atomic E-state index is 8.59. The molecule has 156 valence electrons. The number of anilines is 2. The van der Waals surface area contributed by atoms with Gasteiger partial charge in [-0.3, -0.25) is 5.41 Å². The third kappa shape index (κ3) is 5.65. The molecule has 0 saturated heterocycles. The van der Waals surface area contributed by atoms with Crippen molar-refractivity contribution in [3.8, 4) is 11.5 Å². The van der Waals surface area contributed by atoms with Crippen molar-refractivity contribution in [1.29, 1.82) is 5.41 Å². The van der Waals surface area contributed by atoms with Gasteiger partial charge in [0.05, 0.1) is 31.0 Å². The second-order valence-corrected chi connectivity index (χ2v) is 7.47. The van der Waals surface area contributed by atoms with Gasteiger partial charge in [0.2, 0.25) is 0 Å². The highest BCUT2D eigenvalue weighted by Gasteiger charge is 2.12. The molecule has 0 fully saturated rings. The highest BCUT2D eigenvalue weighted by atomic mass is 32.2. The van der Waals surface area contributed by atoms with Crippen LogP contribution in [0.4, 0.5) is 11.5 Å². The number of hydrogen-bond acceptors (Lipinski definition) is 8. The molecule has 3 rings (SSSR count). The molecule has 0 bridgehead atoms. The van der Waals surface area contributed by atoms with E-state index in [1.807, 2.05) is 38.1 Å². The number of ether oxygens (including phenoxy) is 2. The lowest BCUT2D eigenvalue weighted by molar-refractivity contribution is 0.242. The second kappa shape index (κ2) is 10.00. The van der Waals surface area contributed by atoms with Crippen molar-refractivity contribution < 1.29 is 13.8 Å². The van der Waals surface area contributed by atoms with Gasteiger partial charge < -0.3 is 15.2 Å². The molecule has 0 unspecified atom stereocenters. The molecule has 3 aromatic rings. The first-order chi connectivity index (χ1) is 14.5. The largest absolute Gasteiger partial charge is 0.497 e. The van der Waals surface area contributed by atoms with E-state index in [1.54, 1.807) is 43.6 Å². The Morgan fingerprint density at radius 3 is 2.70 bits per heavy atom. The number of nitrogens with two attached hydrogens (primary N) is 1. The van der Waals surface area contributed by atoms with Crippen LogP contribution in [0.2, 0.25) is 0 Å². The average molecular weight is 425 g/mol. The van der Waals surface area contributed by atoms with E-state index in [0.29, 0.717) is 28.4 Å². The van der Waals surface area contributed by atoms with E-state index in [4.69, 9.17) is 24.9 Å². The summed E-state index contributed by atoms with van der Waals surface area (Å²) in [6.07, 6.45) is 1.64. The number of nitrogens with one attached hydrogen (secondary N) is 2. The average Bonchev–Trinajstić information content (AvgIpc) is 2.74. The fraction of sp³-hybridized carbons (Fsp3) is 0.182. The van der Waals surface area contributed by atoms with E-state index in [1.165, 1.54) is 0 Å². The smallest absolute Gasteiger partial charge is 0.151 e. The Kier molecular flexibility index (Phi) is 7.16. The minimum absolute atomic E-state index is 0.0339. The Bertz CT molecular complexity index is 1030. The standard InChI is InChI=1S/C22H24N4O3S/c1-14(2)28-17-7-8-20(23)19(13-17)22(24)15-9-10-25-21(11-15)26-29-30-18-6-4-5-16(12-18)27-3/h4-14,24H,23H2,1-3H3,(H,25,26). The van der Waals surface area contributed by atoms with Crippen molar-refractivity contribution >= 4 is 29.3 Å². The van der Waals surface area contributed by atoms with Crippen molar-refractivity contribution in [2.75, 3.05) is 18.3 Å². The van der Waals surface area contributed by atoms with Crippen LogP contribution in [0.3, 0.4) is 0 Å². The van der Waals surface area contributed by atoms with Crippen LogP contribution in [0.1, 0.15) is 25.0 Å². The van der Waals surface area contributed by atoms with Crippen molar-refractivity contribution in [2.24, 2.45) is 0 Å². The molecule has 8 heteroatoms. The highest BCUT2D eigenvalue weighted by Crippen LogP contribution is 2.26. The lowest BCUT2D eigenvalue weighted by Crippen LogP contribution is -2.10. The van der Waals surface area contributed by atoms with E-state index in [2.05, 4.69) is 10.5 Å². The fourth-order valence-electron chi connectivity index (χ4n) is 2.66. The molecule has 7 nitrogen and oxygen atoms in total. The third-order valence-corrected chi connectivity index (χ3v) is 4.65. The summed E-state index contributed by atoms with van der Waals surface area (Å²) in [6, 6.07) is 16.3. The van der Waals surface area contributed by atoms with Crippen LogP contribution in [0.15, 0.2) is 65.7 Å². The van der Waals surface area contributed by atoms with Crippen LogP contribution < -0.4 is 20.7 Å². The summed E-state index contributed by atoms with van der Waals surface area (Å²) < 4.78 is 16.4. The van der Waals surface area contributed by atoms with E-state index in [0.717, 1.165) is 22.7 Å². The zero-order valence-electron chi connectivity index (χ0n) is 17.0. The fourth-order valence-corrected chi connectivity index (χ4v) is 3.18. The molecule has 0 atom stereocenters. The second-order valence-electron chi connectivity index (χ2n) is 6.67. The zero-order valence-corrected chi connectivity index (χ0v) is 17.8. The maximum absolute atomic E-state index is 8.59. The van der Waals surface area contributed by atoms with Gasteiger partial charge in [-0.15, -0.1) is 0 Å². The van der Waals surface area contributed by atoms with Crippen LogP contribution in [0.5, 0.6) is 11.5 Å². The quantitative estimate of drug-likeness (QED) is 0.194. The maximum Gasteiger partial charge on any atom is 0.151 e. The van der Waals surface area contributed by atoms with Gasteiger partial charge in [-0.05, 0) is 62.4 Å². The molecule has 4 N–H and O–H groups in total. The molecule has 0 saturated carbocycles. The van der Waals surface area contributed by atoms with Crippen molar-refractivity contribution in [3.63, 3.8) is 0 Å². The first-order valence-corrected chi connectivity index (χ1v) is 10.1. The van der Waals surface area contributed by atoms with Crippen molar-refractivity contribution in [3.05, 3.63) is 71.9 Å². The molecule has 0 aliphatic carbocycles. The number of rotatable bonds is 9. The summed E-state index contributed by atoms with van der Waals surface area (Å²) in [5.41, 5.74) is 10.9. The first-order valence-electron chi connectivity index (χ1n) is 9.31. The zero-order chi connectivity index (χ0) is 21.5. The van der Waals surface area contributed by atoms with E-state index >= 15 is 0 Å². The summed E-state index contributed by atoms with van der Waals surface area (Å²) in [4.78, 5) is 5.11. The summed E-state index contributed by atoms with van der Waals surface area (Å²) in [5, 5.41) is 8.59. The molecule has 0 radical (unpaired) electrons. The molecule has 0 spiro atoms. The monoisotopic (exact) mass is 424 g/mol. The Morgan fingerprint density at radius 1 is 1.10 bits per heavy atom. The summed E-state index contributed by atoms with van der Waals surface area (Å²) in [6.45, 7) is 3.90. The van der Waals surface area contributed by atoms with Crippen molar-refractivity contribution in [1.82, 2.24) is 4.98 Å². The number of hydrogen-bond donors (Lipinski definition) is 3. The van der Waals surface area contributed by atoms with E-state index < -0.39 is 0 Å². The topological polar surface area (TPSA) is 102 Å². The number of nitrogens with zero attached hydrogens (tertiary/aromatic N) is 1. The number of nitrogen functional groups attached to an aromatic ring is 1. The summed E-state index contributed by atoms with van der Waals surface area (Å²) >= 11 is 1.14. The lowest BCUT2D eigenvalue weighted by Gasteiger charge is -2.14. The lowest BCUT2D eigenvalue weighted by atomic mass is 10.0. The molecular weight excluding hydrogens is 400 g/mol. The van der Waals surface area contributed by atoms with Crippen LogP contribution in [0.25, 0.3) is 0 Å². The normalized spacial score (nSPS) is 10.7. The molecule has 2 aromatic carbocycles. The summed E-state index contributed by atoms with van der Waals surface area (Å²) in [7, 11) is 1.62. The van der Waals surface area contributed by atoms with Gasteiger partial charge in [0, 0.05) is 27.9 Å². The SMILES string of the molecule is COc1cccc(SONc2cc(C(=N)c3cc(OC(C)C)ccc3N)ccn2)c1. The van der Waals surface area contributed by atoms with Gasteiger partial charge in [-0.1, -0.05) is 6.07 Å². The van der Waals surface area contributed by atoms with Gasteiger partial charge in [0.25, 0.3) is 0 Å². The number of benzene rings is 2. The molecule has 30 heavy (non-hydrogen) atoms. The van der Waals surface area contributed by atoms with E-state index in [-0.39, 0.29) is 11.8 Å². The van der Waals surface area contributed by atoms with Gasteiger partial charge in [-0.2, -0.15) is 4.28 Å². The predicted molar refractivity (Wildman–Crippen MR) is 120 cm³/mol. The van der Waals surface area contributed by atoms with Crippen LogP contribution in [-0.4, -0.2) is 23.9 Å². The molecule has 1 heterocycles. The van der Waals surface area contributed by atoms with Gasteiger partial charge in [-0.25, -0.2) is 10.5 Å². The first kappa shape index (κ1) is 21.5. The Balaban J connectivity index is 1.69. The number of aromatic nitrogens is 1. The Morgan fingerprint density at radius 2 is 1.93 bits per heavy atom. The molecule has 0 aliphatic rings. The highest BCUT2D eigenvalue weighted by molar-refractivity contribution is 7.94. The Hall–Kier alpha value is -3.23. The molecule has 0 amide bonds. The van der Waals surface area contributed by atoms with Gasteiger partial charge in [0.15, 0.2) is 5.82 Å². The minimum Gasteiger partial charge on any atom is -0.497 e. The van der Waals surface area contributed by atoms with E-state index in [9.17, 15) is 0 Å². The van der Waals surface area contributed by atoms with Gasteiger partial charge in [0.1, 0.15) is 11.5 Å².